The summed E-state index contributed by atoms with van der Waals surface area (Å²) < 4.78 is 39.0. The molecule has 0 unspecified atom stereocenters. The van der Waals surface area contributed by atoms with Gasteiger partial charge in [-0.3, -0.25) is 0 Å². The van der Waals surface area contributed by atoms with Gasteiger partial charge in [0.15, 0.2) is 0 Å². The van der Waals surface area contributed by atoms with Gasteiger partial charge in [0.2, 0.25) is 0 Å². The predicted octanol–water partition coefficient (Wildman–Crippen LogP) is 4.52. The molecule has 1 aliphatic carbocycles. The Bertz CT molecular complexity index is 618. The van der Waals surface area contributed by atoms with Crippen molar-refractivity contribution in [1.29, 1.82) is 0 Å². The van der Waals surface area contributed by atoms with E-state index in [4.69, 9.17) is 5.73 Å². The summed E-state index contributed by atoms with van der Waals surface area (Å²) in [6, 6.07) is 6.52. The maximum atomic E-state index is 13.0. The third-order valence-corrected chi connectivity index (χ3v) is 4.33. The third kappa shape index (κ3) is 3.15. The number of hydrogen-bond acceptors (Lipinski definition) is 3. The average molecular weight is 312 g/mol. The minimum atomic E-state index is -4.42. The van der Waals surface area contributed by atoms with Crippen LogP contribution in [0.1, 0.15) is 24.0 Å². The van der Waals surface area contributed by atoms with Crippen molar-refractivity contribution in [3.63, 3.8) is 0 Å². The molecule has 2 aromatic rings. The summed E-state index contributed by atoms with van der Waals surface area (Å²) in [5.41, 5.74) is 6.20. The maximum absolute atomic E-state index is 13.0. The van der Waals surface area contributed by atoms with Crippen LogP contribution in [0, 0.1) is 0 Å². The topological polar surface area (TPSA) is 29.3 Å². The number of nitrogens with two attached hydrogens (primary N) is 1. The first-order chi connectivity index (χ1) is 9.95. The standard InChI is InChI=1S/C15H15F3N2S/c16-15(17,18)13-7-12(3-4-14(13)19)20(11-1-2-11)8-10-5-6-21-9-10/h3-7,9,11H,1-2,8,19H2. The number of benzene rings is 1. The van der Waals surface area contributed by atoms with Crippen molar-refractivity contribution in [2.45, 2.75) is 31.6 Å². The molecule has 0 amide bonds. The molecule has 0 spiro atoms. The number of alkyl halides is 3. The fraction of sp³-hybridized carbons (Fsp3) is 0.333. The number of nitrogens with zero attached hydrogens (tertiary/aromatic N) is 1. The molecule has 1 aliphatic rings. The van der Waals surface area contributed by atoms with Gasteiger partial charge in [-0.1, -0.05) is 0 Å². The van der Waals surface area contributed by atoms with E-state index >= 15 is 0 Å². The third-order valence-electron chi connectivity index (χ3n) is 3.59. The van der Waals surface area contributed by atoms with Crippen molar-refractivity contribution in [3.05, 3.63) is 46.2 Å². The van der Waals surface area contributed by atoms with Crippen LogP contribution in [0.2, 0.25) is 0 Å². The van der Waals surface area contributed by atoms with Crippen molar-refractivity contribution < 1.29 is 13.2 Å². The highest BCUT2D eigenvalue weighted by molar-refractivity contribution is 7.07. The second-order valence-electron chi connectivity index (χ2n) is 5.26. The zero-order valence-corrected chi connectivity index (χ0v) is 12.0. The van der Waals surface area contributed by atoms with Gasteiger partial charge in [0.05, 0.1) is 5.56 Å². The minimum Gasteiger partial charge on any atom is -0.398 e. The van der Waals surface area contributed by atoms with Crippen LogP contribution in [0.3, 0.4) is 0 Å². The van der Waals surface area contributed by atoms with Crippen molar-refractivity contribution in [3.8, 4) is 0 Å². The predicted molar refractivity (Wildman–Crippen MR) is 79.4 cm³/mol. The van der Waals surface area contributed by atoms with Crippen LogP contribution in [0.15, 0.2) is 35.0 Å². The monoisotopic (exact) mass is 312 g/mol. The smallest absolute Gasteiger partial charge is 0.398 e. The van der Waals surface area contributed by atoms with Crippen LogP contribution in [0.4, 0.5) is 24.5 Å². The van der Waals surface area contributed by atoms with E-state index in [2.05, 4.69) is 0 Å². The van der Waals surface area contributed by atoms with Crippen molar-refractivity contribution in [2.24, 2.45) is 0 Å². The largest absolute Gasteiger partial charge is 0.418 e. The number of thiophene rings is 1. The van der Waals surface area contributed by atoms with Crippen LogP contribution >= 0.6 is 11.3 Å². The highest BCUT2D eigenvalue weighted by Crippen LogP contribution is 2.39. The van der Waals surface area contributed by atoms with E-state index in [1.165, 1.54) is 12.1 Å². The maximum Gasteiger partial charge on any atom is 0.418 e. The highest BCUT2D eigenvalue weighted by atomic mass is 32.1. The van der Waals surface area contributed by atoms with Crippen molar-refractivity contribution in [2.75, 3.05) is 10.6 Å². The molecule has 1 aromatic carbocycles. The lowest BCUT2D eigenvalue weighted by Crippen LogP contribution is -2.25. The zero-order valence-electron chi connectivity index (χ0n) is 11.2. The molecule has 0 radical (unpaired) electrons. The summed E-state index contributed by atoms with van der Waals surface area (Å²) >= 11 is 1.59. The Balaban J connectivity index is 1.92. The quantitative estimate of drug-likeness (QED) is 0.841. The summed E-state index contributed by atoms with van der Waals surface area (Å²) in [7, 11) is 0. The van der Waals surface area contributed by atoms with E-state index in [-0.39, 0.29) is 5.69 Å². The first-order valence-electron chi connectivity index (χ1n) is 6.69. The van der Waals surface area contributed by atoms with Crippen LogP contribution in [0.25, 0.3) is 0 Å². The van der Waals surface area contributed by atoms with Gasteiger partial charge in [-0.2, -0.15) is 24.5 Å². The van der Waals surface area contributed by atoms with E-state index in [1.807, 2.05) is 21.7 Å². The Labute approximate surface area is 125 Å². The van der Waals surface area contributed by atoms with E-state index in [0.29, 0.717) is 18.3 Å². The molecule has 1 aromatic heterocycles. The minimum absolute atomic E-state index is 0.225. The number of hydrogen-bond donors (Lipinski definition) is 1. The van der Waals surface area contributed by atoms with Gasteiger partial charge in [-0.05, 0) is 53.4 Å². The molecule has 0 atom stereocenters. The Kier molecular flexibility index (Phi) is 3.57. The van der Waals surface area contributed by atoms with Gasteiger partial charge in [0.25, 0.3) is 0 Å². The first-order valence-corrected chi connectivity index (χ1v) is 7.64. The number of anilines is 2. The molecule has 21 heavy (non-hydrogen) atoms. The van der Waals surface area contributed by atoms with E-state index in [0.717, 1.165) is 18.4 Å². The molecule has 3 rings (SSSR count). The second kappa shape index (κ2) is 5.26. The van der Waals surface area contributed by atoms with Crippen LogP contribution in [0.5, 0.6) is 0 Å². The van der Waals surface area contributed by atoms with Gasteiger partial charge in [-0.15, -0.1) is 0 Å². The van der Waals surface area contributed by atoms with Crippen LogP contribution in [-0.2, 0) is 12.7 Å². The first kappa shape index (κ1) is 14.3. The highest BCUT2D eigenvalue weighted by Gasteiger charge is 2.35. The molecule has 1 saturated carbocycles. The molecule has 0 bridgehead atoms. The normalized spacial score (nSPS) is 15.2. The molecule has 1 fully saturated rings. The number of rotatable bonds is 4. The van der Waals surface area contributed by atoms with Gasteiger partial charge in [0.1, 0.15) is 0 Å². The van der Waals surface area contributed by atoms with Crippen LogP contribution in [-0.4, -0.2) is 6.04 Å². The zero-order chi connectivity index (χ0) is 15.0. The molecule has 2 N–H and O–H groups in total. The molecule has 112 valence electrons. The Morgan fingerprint density at radius 3 is 2.57 bits per heavy atom. The molecule has 2 nitrogen and oxygen atoms in total. The van der Waals surface area contributed by atoms with Gasteiger partial charge in [0, 0.05) is 24.0 Å². The Morgan fingerprint density at radius 1 is 1.24 bits per heavy atom. The molecule has 1 heterocycles. The molecule has 0 saturated heterocycles. The molecular weight excluding hydrogens is 297 g/mol. The Morgan fingerprint density at radius 2 is 2.00 bits per heavy atom. The van der Waals surface area contributed by atoms with Crippen molar-refractivity contribution in [1.82, 2.24) is 0 Å². The lowest BCUT2D eigenvalue weighted by atomic mass is 10.1. The summed E-state index contributed by atoms with van der Waals surface area (Å²) in [5, 5.41) is 4.00. The van der Waals surface area contributed by atoms with Crippen LogP contribution < -0.4 is 10.6 Å². The van der Waals surface area contributed by atoms with Gasteiger partial charge < -0.3 is 10.6 Å². The fourth-order valence-corrected chi connectivity index (χ4v) is 3.02. The molecule has 0 aliphatic heterocycles. The van der Waals surface area contributed by atoms with Crippen molar-refractivity contribution >= 4 is 22.7 Å². The van der Waals surface area contributed by atoms with E-state index in [9.17, 15) is 13.2 Å². The van der Waals surface area contributed by atoms with E-state index in [1.54, 1.807) is 17.4 Å². The molecule has 6 heteroatoms. The van der Waals surface area contributed by atoms with Gasteiger partial charge >= 0.3 is 6.18 Å². The fourth-order valence-electron chi connectivity index (χ4n) is 2.37. The molecular formula is C15H15F3N2S. The average Bonchev–Trinajstić information content (AvgIpc) is 3.13. The number of nitrogen functional groups attached to an aromatic ring is 1. The SMILES string of the molecule is Nc1ccc(N(Cc2ccsc2)C2CC2)cc1C(F)(F)F. The van der Waals surface area contributed by atoms with Gasteiger partial charge in [-0.25, -0.2) is 0 Å². The summed E-state index contributed by atoms with van der Waals surface area (Å²) in [6.45, 7) is 0.634. The Hall–Kier alpha value is -1.69. The second-order valence-corrected chi connectivity index (χ2v) is 6.04. The summed E-state index contributed by atoms with van der Waals surface area (Å²) in [5.74, 6) is 0. The lowest BCUT2D eigenvalue weighted by Gasteiger charge is -2.25. The lowest BCUT2D eigenvalue weighted by molar-refractivity contribution is -0.136. The summed E-state index contributed by atoms with van der Waals surface area (Å²) in [6.07, 6.45) is -2.37. The van der Waals surface area contributed by atoms with E-state index < -0.39 is 11.7 Å². The summed E-state index contributed by atoms with van der Waals surface area (Å²) in [4.78, 5) is 2.04. The number of halogens is 3.